The molecule has 0 spiro atoms. The quantitative estimate of drug-likeness (QED) is 0.525. The predicted molar refractivity (Wildman–Crippen MR) is 89.9 cm³/mol. The standard InChI is InChI=1S/C17H29NOS/c1-17(2,3)18-13-7-5-6-8-14-19-15-9-11-16(20-4)12-10-15/h9-12,18H,5-8,13-14H2,1-4H3. The number of hydrogen-bond acceptors (Lipinski definition) is 3. The SMILES string of the molecule is CSc1ccc(OCCCCCCNC(C)(C)C)cc1. The van der Waals surface area contributed by atoms with Gasteiger partial charge in [-0.1, -0.05) is 12.8 Å². The lowest BCUT2D eigenvalue weighted by Gasteiger charge is -2.20. The van der Waals surface area contributed by atoms with Crippen molar-refractivity contribution in [3.05, 3.63) is 24.3 Å². The minimum absolute atomic E-state index is 0.242. The maximum absolute atomic E-state index is 5.74. The molecule has 0 bridgehead atoms. The molecule has 20 heavy (non-hydrogen) atoms. The number of unbranched alkanes of at least 4 members (excludes halogenated alkanes) is 3. The van der Waals surface area contributed by atoms with Gasteiger partial charge in [0.2, 0.25) is 0 Å². The summed E-state index contributed by atoms with van der Waals surface area (Å²) in [7, 11) is 0. The third kappa shape index (κ3) is 8.49. The summed E-state index contributed by atoms with van der Waals surface area (Å²) in [6.07, 6.45) is 7.00. The number of benzene rings is 1. The maximum atomic E-state index is 5.74. The van der Waals surface area contributed by atoms with Gasteiger partial charge in [0.25, 0.3) is 0 Å². The fourth-order valence-corrected chi connectivity index (χ4v) is 2.31. The third-order valence-corrected chi connectivity index (χ3v) is 3.80. The summed E-state index contributed by atoms with van der Waals surface area (Å²) in [5.74, 6) is 0.984. The summed E-state index contributed by atoms with van der Waals surface area (Å²) >= 11 is 1.76. The molecule has 0 amide bonds. The largest absolute Gasteiger partial charge is 0.494 e. The molecular formula is C17H29NOS. The highest BCUT2D eigenvalue weighted by atomic mass is 32.2. The van der Waals surface area contributed by atoms with Gasteiger partial charge in [-0.2, -0.15) is 0 Å². The molecule has 1 rings (SSSR count). The van der Waals surface area contributed by atoms with Gasteiger partial charge in [-0.25, -0.2) is 0 Å². The Bertz CT molecular complexity index is 356. The van der Waals surface area contributed by atoms with E-state index in [4.69, 9.17) is 4.74 Å². The Hall–Kier alpha value is -0.670. The summed E-state index contributed by atoms with van der Waals surface area (Å²) in [4.78, 5) is 1.28. The lowest BCUT2D eigenvalue weighted by atomic mass is 10.1. The first-order valence-electron chi connectivity index (χ1n) is 7.53. The van der Waals surface area contributed by atoms with Crippen molar-refractivity contribution in [1.82, 2.24) is 5.32 Å². The van der Waals surface area contributed by atoms with Crippen LogP contribution in [-0.2, 0) is 0 Å². The lowest BCUT2D eigenvalue weighted by molar-refractivity contribution is 0.303. The molecule has 0 aliphatic carbocycles. The molecule has 0 heterocycles. The average Bonchev–Trinajstić information content (AvgIpc) is 2.41. The van der Waals surface area contributed by atoms with Crippen LogP contribution in [0.1, 0.15) is 46.5 Å². The van der Waals surface area contributed by atoms with E-state index < -0.39 is 0 Å². The van der Waals surface area contributed by atoms with E-state index in [1.807, 2.05) is 0 Å². The van der Waals surface area contributed by atoms with E-state index in [-0.39, 0.29) is 5.54 Å². The van der Waals surface area contributed by atoms with E-state index >= 15 is 0 Å². The predicted octanol–water partition coefficient (Wildman–Crippen LogP) is 4.74. The summed E-state index contributed by atoms with van der Waals surface area (Å²) in [6.45, 7) is 8.57. The van der Waals surface area contributed by atoms with Crippen LogP contribution in [-0.4, -0.2) is 24.9 Å². The van der Waals surface area contributed by atoms with Crippen LogP contribution in [0.4, 0.5) is 0 Å². The van der Waals surface area contributed by atoms with Crippen molar-refractivity contribution in [3.8, 4) is 5.75 Å². The number of thioether (sulfide) groups is 1. The van der Waals surface area contributed by atoms with Crippen molar-refractivity contribution < 1.29 is 4.74 Å². The normalized spacial score (nSPS) is 11.6. The first kappa shape index (κ1) is 17.4. The van der Waals surface area contributed by atoms with Crippen LogP contribution in [0.3, 0.4) is 0 Å². The van der Waals surface area contributed by atoms with Crippen LogP contribution < -0.4 is 10.1 Å². The Labute approximate surface area is 128 Å². The molecule has 0 atom stereocenters. The second kappa shape index (κ2) is 9.30. The lowest BCUT2D eigenvalue weighted by Crippen LogP contribution is -2.36. The molecule has 0 aliphatic heterocycles. The van der Waals surface area contributed by atoms with Crippen LogP contribution in [0.5, 0.6) is 5.75 Å². The zero-order chi connectivity index (χ0) is 14.8. The average molecular weight is 295 g/mol. The summed E-state index contributed by atoms with van der Waals surface area (Å²) < 4.78 is 5.74. The highest BCUT2D eigenvalue weighted by Crippen LogP contribution is 2.19. The highest BCUT2D eigenvalue weighted by Gasteiger charge is 2.06. The molecule has 0 aromatic heterocycles. The van der Waals surface area contributed by atoms with E-state index in [9.17, 15) is 0 Å². The molecule has 1 aromatic rings. The van der Waals surface area contributed by atoms with Crippen LogP contribution >= 0.6 is 11.8 Å². The van der Waals surface area contributed by atoms with E-state index in [0.717, 1.165) is 25.3 Å². The van der Waals surface area contributed by atoms with Crippen molar-refractivity contribution in [2.24, 2.45) is 0 Å². The molecule has 0 aliphatic rings. The number of nitrogens with one attached hydrogen (secondary N) is 1. The molecule has 0 saturated heterocycles. The zero-order valence-corrected chi connectivity index (χ0v) is 14.2. The summed E-state index contributed by atoms with van der Waals surface area (Å²) in [5.41, 5.74) is 0.242. The fraction of sp³-hybridized carbons (Fsp3) is 0.647. The molecule has 3 heteroatoms. The minimum Gasteiger partial charge on any atom is -0.494 e. The topological polar surface area (TPSA) is 21.3 Å². The van der Waals surface area contributed by atoms with Gasteiger partial charge < -0.3 is 10.1 Å². The second-order valence-corrected chi connectivity index (χ2v) is 6.99. The van der Waals surface area contributed by atoms with Gasteiger partial charge in [0, 0.05) is 10.4 Å². The zero-order valence-electron chi connectivity index (χ0n) is 13.4. The van der Waals surface area contributed by atoms with Gasteiger partial charge in [0.15, 0.2) is 0 Å². The Morgan fingerprint density at radius 3 is 2.25 bits per heavy atom. The Morgan fingerprint density at radius 1 is 1.00 bits per heavy atom. The Kier molecular flexibility index (Phi) is 8.08. The van der Waals surface area contributed by atoms with E-state index in [0.29, 0.717) is 0 Å². The first-order chi connectivity index (χ1) is 9.51. The van der Waals surface area contributed by atoms with Crippen molar-refractivity contribution in [2.45, 2.75) is 56.9 Å². The van der Waals surface area contributed by atoms with Crippen LogP contribution in [0.2, 0.25) is 0 Å². The van der Waals surface area contributed by atoms with Gasteiger partial charge in [-0.05, 0) is 70.7 Å². The van der Waals surface area contributed by atoms with E-state index in [2.05, 4.69) is 56.6 Å². The van der Waals surface area contributed by atoms with Gasteiger partial charge in [0.05, 0.1) is 6.61 Å². The molecule has 0 unspecified atom stereocenters. The number of hydrogen-bond donors (Lipinski definition) is 1. The van der Waals surface area contributed by atoms with Crippen molar-refractivity contribution in [2.75, 3.05) is 19.4 Å². The molecule has 0 radical (unpaired) electrons. The maximum Gasteiger partial charge on any atom is 0.119 e. The van der Waals surface area contributed by atoms with Gasteiger partial charge in [-0.15, -0.1) is 11.8 Å². The van der Waals surface area contributed by atoms with Gasteiger partial charge in [0.1, 0.15) is 5.75 Å². The minimum atomic E-state index is 0.242. The van der Waals surface area contributed by atoms with Crippen LogP contribution in [0, 0.1) is 0 Å². The highest BCUT2D eigenvalue weighted by molar-refractivity contribution is 7.98. The van der Waals surface area contributed by atoms with Crippen LogP contribution in [0.25, 0.3) is 0 Å². The molecule has 0 fully saturated rings. The molecular weight excluding hydrogens is 266 g/mol. The molecule has 0 saturated carbocycles. The first-order valence-corrected chi connectivity index (χ1v) is 8.75. The van der Waals surface area contributed by atoms with Gasteiger partial charge in [-0.3, -0.25) is 0 Å². The van der Waals surface area contributed by atoms with Crippen molar-refractivity contribution in [1.29, 1.82) is 0 Å². The summed E-state index contributed by atoms with van der Waals surface area (Å²) in [6, 6.07) is 8.33. The Morgan fingerprint density at radius 2 is 1.65 bits per heavy atom. The molecule has 2 nitrogen and oxygen atoms in total. The van der Waals surface area contributed by atoms with Crippen molar-refractivity contribution >= 4 is 11.8 Å². The van der Waals surface area contributed by atoms with Crippen LogP contribution in [0.15, 0.2) is 29.2 Å². The molecule has 1 aromatic carbocycles. The summed E-state index contributed by atoms with van der Waals surface area (Å²) in [5, 5.41) is 3.52. The Balaban J connectivity index is 1.99. The second-order valence-electron chi connectivity index (χ2n) is 6.11. The molecule has 114 valence electrons. The van der Waals surface area contributed by atoms with E-state index in [1.165, 1.54) is 24.2 Å². The fourth-order valence-electron chi connectivity index (χ4n) is 1.91. The smallest absolute Gasteiger partial charge is 0.119 e. The molecule has 1 N–H and O–H groups in total. The number of rotatable bonds is 9. The number of ether oxygens (including phenoxy) is 1. The third-order valence-electron chi connectivity index (χ3n) is 3.05. The monoisotopic (exact) mass is 295 g/mol. The van der Waals surface area contributed by atoms with Crippen molar-refractivity contribution in [3.63, 3.8) is 0 Å². The van der Waals surface area contributed by atoms with Gasteiger partial charge >= 0.3 is 0 Å². The van der Waals surface area contributed by atoms with E-state index in [1.54, 1.807) is 11.8 Å².